The number of aryl methyl sites for hydroxylation is 2. The summed E-state index contributed by atoms with van der Waals surface area (Å²) in [6, 6.07) is 6.62. The fourth-order valence-corrected chi connectivity index (χ4v) is 4.46. The molecule has 1 aromatic carbocycles. The average molecular weight is 444 g/mol. The van der Waals surface area contributed by atoms with E-state index >= 15 is 0 Å². The molecule has 31 heavy (non-hydrogen) atoms. The van der Waals surface area contributed by atoms with Crippen LogP contribution >= 0.6 is 11.3 Å². The third-order valence-electron chi connectivity index (χ3n) is 5.32. The maximum absolute atomic E-state index is 13.0. The Hall–Kier alpha value is -3.20. The second kappa shape index (κ2) is 8.50. The van der Waals surface area contributed by atoms with Gasteiger partial charge in [0.2, 0.25) is 5.91 Å². The van der Waals surface area contributed by atoms with Gasteiger partial charge in [-0.25, -0.2) is 9.59 Å². The van der Waals surface area contributed by atoms with Gasteiger partial charge in [-0.2, -0.15) is 0 Å². The number of imide groups is 1. The second-order valence-electron chi connectivity index (χ2n) is 7.57. The number of benzene rings is 1. The minimum Gasteiger partial charge on any atom is -0.462 e. The molecule has 2 heterocycles. The highest BCUT2D eigenvalue weighted by Gasteiger charge is 2.49. The topological polar surface area (TPSA) is 105 Å². The van der Waals surface area contributed by atoms with Gasteiger partial charge in [-0.05, 0) is 45.7 Å². The molecule has 1 aliphatic rings. The Labute approximate surface area is 184 Å². The number of nitrogens with one attached hydrogen (secondary N) is 2. The molecule has 0 unspecified atom stereocenters. The number of amides is 4. The van der Waals surface area contributed by atoms with Gasteiger partial charge in [0.1, 0.15) is 17.1 Å². The number of urea groups is 1. The molecular formula is C22H25N3O5S. The van der Waals surface area contributed by atoms with Crippen molar-refractivity contribution in [3.63, 3.8) is 0 Å². The molecule has 0 saturated carbocycles. The molecule has 1 atom stereocenters. The minimum absolute atomic E-state index is 0.209. The van der Waals surface area contributed by atoms with Gasteiger partial charge in [0, 0.05) is 4.88 Å². The minimum atomic E-state index is -1.25. The molecule has 2 aromatic rings. The van der Waals surface area contributed by atoms with Crippen molar-refractivity contribution in [1.29, 1.82) is 0 Å². The van der Waals surface area contributed by atoms with Gasteiger partial charge >= 0.3 is 12.0 Å². The van der Waals surface area contributed by atoms with E-state index in [1.54, 1.807) is 32.9 Å². The predicted octanol–water partition coefficient (Wildman–Crippen LogP) is 3.26. The Balaban J connectivity index is 1.78. The van der Waals surface area contributed by atoms with Crippen LogP contribution in [0.15, 0.2) is 24.3 Å². The van der Waals surface area contributed by atoms with Crippen molar-refractivity contribution in [3.05, 3.63) is 51.4 Å². The first-order chi connectivity index (χ1) is 14.6. The standard InChI is InChI=1S/C22H25N3O5S/c1-6-30-19(27)17-13(3)14(4)31-18(17)23-16(26)11-25-20(28)22(5,24-21(25)29)15-9-7-12(2)8-10-15/h7-10H,6,11H2,1-5H3,(H,23,26)(H,24,29)/t22-/m1/s1. The van der Waals surface area contributed by atoms with Crippen LogP contribution < -0.4 is 10.6 Å². The van der Waals surface area contributed by atoms with Crippen molar-refractivity contribution in [3.8, 4) is 0 Å². The summed E-state index contributed by atoms with van der Waals surface area (Å²) in [5.41, 5.74) is 1.42. The van der Waals surface area contributed by atoms with E-state index < -0.39 is 35.9 Å². The molecule has 1 saturated heterocycles. The molecule has 8 nitrogen and oxygen atoms in total. The van der Waals surface area contributed by atoms with Gasteiger partial charge in [0.15, 0.2) is 0 Å². The number of anilines is 1. The largest absolute Gasteiger partial charge is 0.462 e. The second-order valence-corrected chi connectivity index (χ2v) is 8.79. The number of nitrogens with zero attached hydrogens (tertiary/aromatic N) is 1. The van der Waals surface area contributed by atoms with Gasteiger partial charge in [-0.1, -0.05) is 29.8 Å². The first-order valence-corrected chi connectivity index (χ1v) is 10.7. The maximum Gasteiger partial charge on any atom is 0.341 e. The summed E-state index contributed by atoms with van der Waals surface area (Å²) in [5, 5.41) is 5.68. The van der Waals surface area contributed by atoms with Crippen molar-refractivity contribution in [2.75, 3.05) is 18.5 Å². The van der Waals surface area contributed by atoms with Crippen molar-refractivity contribution < 1.29 is 23.9 Å². The lowest BCUT2D eigenvalue weighted by atomic mass is 9.91. The number of esters is 1. The summed E-state index contributed by atoms with van der Waals surface area (Å²) in [4.78, 5) is 52.2. The van der Waals surface area contributed by atoms with Crippen molar-refractivity contribution in [1.82, 2.24) is 10.2 Å². The molecule has 1 fully saturated rings. The zero-order valence-electron chi connectivity index (χ0n) is 18.1. The number of ether oxygens (including phenoxy) is 1. The molecule has 2 N–H and O–H groups in total. The van der Waals surface area contributed by atoms with Crippen LogP contribution in [0.2, 0.25) is 0 Å². The van der Waals surface area contributed by atoms with Gasteiger partial charge in [-0.3, -0.25) is 14.5 Å². The van der Waals surface area contributed by atoms with Crippen molar-refractivity contribution in [2.45, 2.75) is 40.2 Å². The Morgan fingerprint density at radius 1 is 1.16 bits per heavy atom. The fraction of sp³-hybridized carbons (Fsp3) is 0.364. The third kappa shape index (κ3) is 4.18. The molecule has 0 radical (unpaired) electrons. The van der Waals surface area contributed by atoms with Crippen LogP contribution in [0.5, 0.6) is 0 Å². The van der Waals surface area contributed by atoms with E-state index in [0.717, 1.165) is 20.9 Å². The smallest absolute Gasteiger partial charge is 0.341 e. The lowest BCUT2D eigenvalue weighted by Gasteiger charge is -2.22. The summed E-state index contributed by atoms with van der Waals surface area (Å²) in [6.07, 6.45) is 0. The van der Waals surface area contributed by atoms with Crippen LogP contribution in [-0.2, 0) is 19.9 Å². The zero-order valence-corrected chi connectivity index (χ0v) is 18.9. The van der Waals surface area contributed by atoms with Gasteiger partial charge in [0.25, 0.3) is 5.91 Å². The van der Waals surface area contributed by atoms with E-state index in [2.05, 4.69) is 10.6 Å². The van der Waals surface area contributed by atoms with Gasteiger partial charge < -0.3 is 15.4 Å². The van der Waals surface area contributed by atoms with Crippen LogP contribution in [0.1, 0.15) is 45.8 Å². The SMILES string of the molecule is CCOC(=O)c1c(NC(=O)CN2C(=O)N[C@](C)(c3ccc(C)cc3)C2=O)sc(C)c1C. The number of carbonyl (C=O) groups excluding carboxylic acids is 4. The van der Waals surface area contributed by atoms with E-state index in [4.69, 9.17) is 4.74 Å². The number of hydrogen-bond acceptors (Lipinski definition) is 6. The summed E-state index contributed by atoms with van der Waals surface area (Å²) in [5.74, 6) is -1.62. The van der Waals surface area contributed by atoms with Crippen LogP contribution in [0.4, 0.5) is 9.80 Å². The summed E-state index contributed by atoms with van der Waals surface area (Å²) < 4.78 is 5.08. The normalized spacial score (nSPS) is 18.2. The molecule has 0 bridgehead atoms. The van der Waals surface area contributed by atoms with Crippen molar-refractivity contribution >= 4 is 40.2 Å². The lowest BCUT2D eigenvalue weighted by molar-refractivity contribution is -0.133. The lowest BCUT2D eigenvalue weighted by Crippen LogP contribution is -2.42. The molecular weight excluding hydrogens is 418 g/mol. The Bertz CT molecular complexity index is 1060. The molecule has 4 amide bonds. The summed E-state index contributed by atoms with van der Waals surface area (Å²) in [7, 11) is 0. The highest BCUT2D eigenvalue weighted by atomic mass is 32.1. The van der Waals surface area contributed by atoms with Crippen LogP contribution in [-0.4, -0.2) is 41.9 Å². The van der Waals surface area contributed by atoms with Crippen LogP contribution in [0.25, 0.3) is 0 Å². The Kier molecular flexibility index (Phi) is 6.17. The van der Waals surface area contributed by atoms with E-state index in [9.17, 15) is 19.2 Å². The summed E-state index contributed by atoms with van der Waals surface area (Å²) >= 11 is 1.24. The Morgan fingerprint density at radius 2 is 1.81 bits per heavy atom. The maximum atomic E-state index is 13.0. The van der Waals surface area contributed by atoms with Crippen LogP contribution in [0, 0.1) is 20.8 Å². The van der Waals surface area contributed by atoms with Crippen LogP contribution in [0.3, 0.4) is 0 Å². The average Bonchev–Trinajstić information content (AvgIpc) is 3.10. The van der Waals surface area contributed by atoms with E-state index in [0.29, 0.717) is 16.1 Å². The first-order valence-electron chi connectivity index (χ1n) is 9.86. The number of rotatable bonds is 6. The molecule has 3 rings (SSSR count). The van der Waals surface area contributed by atoms with E-state index in [1.807, 2.05) is 26.0 Å². The monoisotopic (exact) mass is 443 g/mol. The third-order valence-corrected chi connectivity index (χ3v) is 6.45. The molecule has 1 aliphatic heterocycles. The Morgan fingerprint density at radius 3 is 2.42 bits per heavy atom. The highest BCUT2D eigenvalue weighted by Crippen LogP contribution is 2.33. The zero-order chi connectivity index (χ0) is 22.9. The van der Waals surface area contributed by atoms with Crippen molar-refractivity contribution in [2.24, 2.45) is 0 Å². The van der Waals surface area contributed by atoms with Gasteiger partial charge in [0.05, 0.1) is 12.2 Å². The molecule has 1 aromatic heterocycles. The number of hydrogen-bond donors (Lipinski definition) is 2. The predicted molar refractivity (Wildman–Crippen MR) is 117 cm³/mol. The molecule has 0 aliphatic carbocycles. The molecule has 164 valence electrons. The molecule has 9 heteroatoms. The summed E-state index contributed by atoms with van der Waals surface area (Å²) in [6.45, 7) is 8.59. The fourth-order valence-electron chi connectivity index (χ4n) is 3.40. The molecule has 0 spiro atoms. The van der Waals surface area contributed by atoms with Gasteiger partial charge in [-0.15, -0.1) is 11.3 Å². The quantitative estimate of drug-likeness (QED) is 0.527. The number of carbonyl (C=O) groups is 4. The number of thiophene rings is 1. The highest BCUT2D eigenvalue weighted by molar-refractivity contribution is 7.16. The van der Waals surface area contributed by atoms with E-state index in [-0.39, 0.29) is 6.61 Å². The first kappa shape index (κ1) is 22.5. The van der Waals surface area contributed by atoms with E-state index in [1.165, 1.54) is 11.3 Å².